The molecule has 0 spiro atoms. The number of phenols is 1. The summed E-state index contributed by atoms with van der Waals surface area (Å²) in [6.45, 7) is 12.2. The monoisotopic (exact) mass is 431 g/mol. The van der Waals surface area contributed by atoms with Crippen LogP contribution in [0.2, 0.25) is 0 Å². The van der Waals surface area contributed by atoms with Gasteiger partial charge in [0.15, 0.2) is 11.5 Å². The summed E-state index contributed by atoms with van der Waals surface area (Å²) in [4.78, 5) is 16.3. The van der Waals surface area contributed by atoms with Crippen molar-refractivity contribution in [1.29, 1.82) is 0 Å². The smallest absolute Gasteiger partial charge is 0.192 e. The fourth-order valence-electron chi connectivity index (χ4n) is 4.54. The van der Waals surface area contributed by atoms with Gasteiger partial charge in [0.25, 0.3) is 0 Å². The lowest BCUT2D eigenvalue weighted by atomic mass is 10.0. The van der Waals surface area contributed by atoms with Crippen LogP contribution in [-0.2, 0) is 0 Å². The molecule has 2 N–H and O–H groups in total. The standard InChI is InChI=1S/C25H29N5O2/c1-14-23-21(32-15(2)26-23)12-17(24(14)31)18-6-7-20-19(27-18)8-9-22(28-20)30-11-10-16(13-30)29-25(3,4)5/h6-9,12,16,29,31H,10-11,13H2,1-5H3/t16-/m1/s1. The summed E-state index contributed by atoms with van der Waals surface area (Å²) in [5.74, 6) is 1.73. The average Bonchev–Trinajstić information content (AvgIpc) is 3.34. The first-order chi connectivity index (χ1) is 15.2. The molecule has 0 radical (unpaired) electrons. The molecular formula is C25H29N5O2. The molecule has 1 fully saturated rings. The van der Waals surface area contributed by atoms with Crippen molar-refractivity contribution < 1.29 is 9.52 Å². The number of oxazole rings is 1. The lowest BCUT2D eigenvalue weighted by molar-refractivity contribution is 0.373. The van der Waals surface area contributed by atoms with Gasteiger partial charge in [0.05, 0.1) is 16.7 Å². The van der Waals surface area contributed by atoms with Gasteiger partial charge in [-0.15, -0.1) is 0 Å². The molecule has 1 aromatic carbocycles. The number of nitrogens with one attached hydrogen (secondary N) is 1. The van der Waals surface area contributed by atoms with Crippen LogP contribution in [0, 0.1) is 13.8 Å². The number of hydrogen-bond donors (Lipinski definition) is 2. The molecule has 1 aliphatic heterocycles. The van der Waals surface area contributed by atoms with Gasteiger partial charge in [-0.25, -0.2) is 15.0 Å². The van der Waals surface area contributed by atoms with Gasteiger partial charge in [-0.2, -0.15) is 0 Å². The summed E-state index contributed by atoms with van der Waals surface area (Å²) in [5.41, 5.74) is 5.07. The van der Waals surface area contributed by atoms with E-state index < -0.39 is 0 Å². The van der Waals surface area contributed by atoms with Gasteiger partial charge in [0, 0.05) is 42.7 Å². The minimum atomic E-state index is 0.106. The van der Waals surface area contributed by atoms with Gasteiger partial charge < -0.3 is 19.7 Å². The predicted octanol–water partition coefficient (Wildman–Crippen LogP) is 4.73. The summed E-state index contributed by atoms with van der Waals surface area (Å²) >= 11 is 0. The highest BCUT2D eigenvalue weighted by Crippen LogP contribution is 2.37. The van der Waals surface area contributed by atoms with Crippen LogP contribution in [0.4, 0.5) is 5.82 Å². The van der Waals surface area contributed by atoms with E-state index in [2.05, 4.69) is 36.0 Å². The van der Waals surface area contributed by atoms with Crippen molar-refractivity contribution in [2.75, 3.05) is 18.0 Å². The fourth-order valence-corrected chi connectivity index (χ4v) is 4.54. The largest absolute Gasteiger partial charge is 0.507 e. The lowest BCUT2D eigenvalue weighted by Crippen LogP contribution is -2.44. The summed E-state index contributed by atoms with van der Waals surface area (Å²) in [7, 11) is 0. The average molecular weight is 432 g/mol. The first-order valence-electron chi connectivity index (χ1n) is 11.1. The van der Waals surface area contributed by atoms with E-state index in [1.165, 1.54) is 0 Å². The SMILES string of the molecule is Cc1nc2c(C)c(O)c(-c3ccc4nc(N5CC[C@@H](NC(C)(C)C)C5)ccc4n3)cc2o1. The number of aromatic hydroxyl groups is 1. The Morgan fingerprint density at radius 3 is 2.59 bits per heavy atom. The molecule has 0 bridgehead atoms. The number of anilines is 1. The maximum absolute atomic E-state index is 10.8. The third-order valence-corrected chi connectivity index (χ3v) is 5.95. The van der Waals surface area contributed by atoms with Crippen LogP contribution < -0.4 is 10.2 Å². The number of pyridine rings is 2. The molecule has 0 amide bonds. The van der Waals surface area contributed by atoms with E-state index in [4.69, 9.17) is 14.4 Å². The maximum atomic E-state index is 10.8. The van der Waals surface area contributed by atoms with E-state index in [9.17, 15) is 5.11 Å². The van der Waals surface area contributed by atoms with Gasteiger partial charge in [0.2, 0.25) is 0 Å². The molecular weight excluding hydrogens is 402 g/mol. The van der Waals surface area contributed by atoms with Gasteiger partial charge in [-0.1, -0.05) is 0 Å². The van der Waals surface area contributed by atoms with Gasteiger partial charge in [0.1, 0.15) is 17.1 Å². The Balaban J connectivity index is 1.45. The van der Waals surface area contributed by atoms with E-state index in [1.54, 1.807) is 13.0 Å². The second kappa shape index (κ2) is 7.45. The molecule has 4 heterocycles. The van der Waals surface area contributed by atoms with Crippen molar-refractivity contribution in [2.24, 2.45) is 0 Å². The number of benzene rings is 1. The lowest BCUT2D eigenvalue weighted by Gasteiger charge is -2.26. The summed E-state index contributed by atoms with van der Waals surface area (Å²) < 4.78 is 5.69. The van der Waals surface area contributed by atoms with Crippen LogP contribution in [0.25, 0.3) is 33.4 Å². The van der Waals surface area contributed by atoms with Crippen LogP contribution in [-0.4, -0.2) is 44.7 Å². The Hall–Kier alpha value is -3.19. The zero-order chi connectivity index (χ0) is 22.6. The fraction of sp³-hybridized carbons (Fsp3) is 0.400. The number of rotatable bonds is 3. The van der Waals surface area contributed by atoms with E-state index in [1.807, 2.05) is 31.2 Å². The van der Waals surface area contributed by atoms with Crippen molar-refractivity contribution in [3.05, 3.63) is 41.8 Å². The highest BCUT2D eigenvalue weighted by molar-refractivity contribution is 5.89. The molecule has 7 nitrogen and oxygen atoms in total. The molecule has 166 valence electrons. The topological polar surface area (TPSA) is 87.3 Å². The Morgan fingerprint density at radius 1 is 1.06 bits per heavy atom. The number of fused-ring (bicyclic) bond motifs is 2. The van der Waals surface area contributed by atoms with E-state index in [0.29, 0.717) is 39.9 Å². The second-order valence-corrected chi connectivity index (χ2v) is 9.71. The number of aryl methyl sites for hydroxylation is 2. The van der Waals surface area contributed by atoms with Crippen LogP contribution in [0.15, 0.2) is 34.7 Å². The molecule has 0 saturated carbocycles. The van der Waals surface area contributed by atoms with Crippen LogP contribution in [0.5, 0.6) is 5.75 Å². The molecule has 1 aliphatic rings. The van der Waals surface area contributed by atoms with Crippen molar-refractivity contribution in [3.8, 4) is 17.0 Å². The van der Waals surface area contributed by atoms with Gasteiger partial charge in [-0.3, -0.25) is 0 Å². The maximum Gasteiger partial charge on any atom is 0.192 e. The summed E-state index contributed by atoms with van der Waals surface area (Å²) in [6, 6.07) is 10.2. The minimum absolute atomic E-state index is 0.106. The normalized spacial score (nSPS) is 17.0. The Morgan fingerprint density at radius 2 is 1.81 bits per heavy atom. The summed E-state index contributed by atoms with van der Waals surface area (Å²) in [6.07, 6.45) is 1.11. The second-order valence-electron chi connectivity index (χ2n) is 9.71. The van der Waals surface area contributed by atoms with Crippen LogP contribution >= 0.6 is 0 Å². The Kier molecular flexibility index (Phi) is 4.82. The van der Waals surface area contributed by atoms with E-state index in [-0.39, 0.29) is 11.3 Å². The van der Waals surface area contributed by atoms with Crippen LogP contribution in [0.1, 0.15) is 38.6 Å². The minimum Gasteiger partial charge on any atom is -0.507 e. The number of phenolic OH excluding ortho intramolecular Hbond substituents is 1. The first-order valence-corrected chi connectivity index (χ1v) is 11.1. The van der Waals surface area contributed by atoms with Crippen molar-refractivity contribution in [2.45, 2.75) is 52.6 Å². The molecule has 1 atom stereocenters. The third-order valence-electron chi connectivity index (χ3n) is 5.95. The molecule has 5 rings (SSSR count). The number of nitrogens with zero attached hydrogens (tertiary/aromatic N) is 4. The molecule has 3 aromatic heterocycles. The molecule has 1 saturated heterocycles. The Labute approximate surface area is 187 Å². The van der Waals surface area contributed by atoms with Crippen molar-refractivity contribution in [1.82, 2.24) is 20.3 Å². The third kappa shape index (κ3) is 3.77. The van der Waals surface area contributed by atoms with E-state index >= 15 is 0 Å². The van der Waals surface area contributed by atoms with Gasteiger partial charge in [-0.05, 0) is 64.4 Å². The van der Waals surface area contributed by atoms with E-state index in [0.717, 1.165) is 36.4 Å². The van der Waals surface area contributed by atoms with Crippen LogP contribution in [0.3, 0.4) is 0 Å². The quantitative estimate of drug-likeness (QED) is 0.485. The number of aromatic nitrogens is 3. The molecule has 4 aromatic rings. The highest BCUT2D eigenvalue weighted by Gasteiger charge is 2.26. The highest BCUT2D eigenvalue weighted by atomic mass is 16.3. The zero-order valence-corrected chi connectivity index (χ0v) is 19.2. The Bertz CT molecular complexity index is 1320. The van der Waals surface area contributed by atoms with Crippen molar-refractivity contribution >= 4 is 28.0 Å². The van der Waals surface area contributed by atoms with Crippen molar-refractivity contribution in [3.63, 3.8) is 0 Å². The molecule has 32 heavy (non-hydrogen) atoms. The molecule has 7 heteroatoms. The number of hydrogen-bond acceptors (Lipinski definition) is 7. The first kappa shape index (κ1) is 20.7. The summed E-state index contributed by atoms with van der Waals surface area (Å²) in [5, 5.41) is 14.5. The molecule has 0 aliphatic carbocycles. The predicted molar refractivity (Wildman–Crippen MR) is 127 cm³/mol. The van der Waals surface area contributed by atoms with Gasteiger partial charge >= 0.3 is 0 Å². The zero-order valence-electron chi connectivity index (χ0n) is 19.2. The molecule has 0 unspecified atom stereocenters.